The Hall–Kier alpha value is -0.370. The summed E-state index contributed by atoms with van der Waals surface area (Å²) >= 11 is 0. The van der Waals surface area contributed by atoms with E-state index in [1.165, 1.54) is 6.42 Å². The Morgan fingerprint density at radius 1 is 1.23 bits per heavy atom. The fraction of sp³-hybridized carbons (Fsp3) is 0.909. The van der Waals surface area contributed by atoms with Crippen molar-refractivity contribution in [3.05, 3.63) is 0 Å². The van der Waals surface area contributed by atoms with Gasteiger partial charge in [-0.05, 0) is 19.3 Å². The van der Waals surface area contributed by atoms with E-state index in [4.69, 9.17) is 5.73 Å². The lowest BCUT2D eigenvalue weighted by Gasteiger charge is -2.14. The summed E-state index contributed by atoms with van der Waals surface area (Å²) in [7, 11) is 0. The number of aliphatic imine (C=N–C) groups is 1. The van der Waals surface area contributed by atoms with Gasteiger partial charge in [0.1, 0.15) is 0 Å². The monoisotopic (exact) mass is 184 g/mol. The lowest BCUT2D eigenvalue weighted by Crippen LogP contribution is -2.17. The van der Waals surface area contributed by atoms with Crippen LogP contribution in [0.5, 0.6) is 0 Å². The van der Waals surface area contributed by atoms with Crippen LogP contribution in [-0.4, -0.2) is 18.8 Å². The van der Waals surface area contributed by atoms with Gasteiger partial charge in [-0.1, -0.05) is 27.2 Å². The maximum atomic E-state index is 5.59. The molecule has 0 saturated carbocycles. The number of nitrogens with zero attached hydrogens (tertiary/aromatic N) is 1. The molecule has 0 aliphatic rings. The van der Waals surface area contributed by atoms with Crippen LogP contribution < -0.4 is 5.73 Å². The van der Waals surface area contributed by atoms with Crippen LogP contribution in [0.1, 0.15) is 40.5 Å². The zero-order valence-corrected chi connectivity index (χ0v) is 9.46. The van der Waals surface area contributed by atoms with E-state index in [2.05, 4.69) is 32.7 Å². The average molecular weight is 184 g/mol. The van der Waals surface area contributed by atoms with Gasteiger partial charge in [0.15, 0.2) is 0 Å². The maximum Gasteiger partial charge on any atom is 0.0493 e. The lowest BCUT2D eigenvalue weighted by molar-refractivity contribution is 0.471. The Morgan fingerprint density at radius 2 is 1.85 bits per heavy atom. The van der Waals surface area contributed by atoms with E-state index >= 15 is 0 Å². The Kier molecular flexibility index (Phi) is 6.87. The van der Waals surface area contributed by atoms with Crippen LogP contribution in [-0.2, 0) is 0 Å². The number of hydrogen-bond donors (Lipinski definition) is 1. The molecule has 0 aliphatic heterocycles. The summed E-state index contributed by atoms with van der Waals surface area (Å²) in [5.41, 5.74) is 5.59. The van der Waals surface area contributed by atoms with Gasteiger partial charge < -0.3 is 5.73 Å². The van der Waals surface area contributed by atoms with Crippen LogP contribution in [0.4, 0.5) is 0 Å². The van der Waals surface area contributed by atoms with Gasteiger partial charge in [-0.25, -0.2) is 0 Å². The molecule has 78 valence electrons. The SMILES string of the molecule is CCC(C=NC(C)C(C)CC)CN. The third kappa shape index (κ3) is 5.04. The first-order valence-electron chi connectivity index (χ1n) is 5.38. The quantitative estimate of drug-likeness (QED) is 0.633. The fourth-order valence-electron chi connectivity index (χ4n) is 1.08. The van der Waals surface area contributed by atoms with Gasteiger partial charge in [-0.15, -0.1) is 0 Å². The largest absolute Gasteiger partial charge is 0.330 e. The topological polar surface area (TPSA) is 38.4 Å². The van der Waals surface area contributed by atoms with Gasteiger partial charge in [0.05, 0.1) is 0 Å². The highest BCUT2D eigenvalue weighted by Gasteiger charge is 2.07. The molecule has 0 rings (SSSR count). The van der Waals surface area contributed by atoms with E-state index in [0.717, 1.165) is 6.42 Å². The van der Waals surface area contributed by atoms with Crippen molar-refractivity contribution < 1.29 is 0 Å². The molecule has 0 aromatic rings. The molecule has 0 fully saturated rings. The second-order valence-electron chi connectivity index (χ2n) is 3.83. The van der Waals surface area contributed by atoms with Gasteiger partial charge in [0, 0.05) is 24.7 Å². The summed E-state index contributed by atoms with van der Waals surface area (Å²) in [6.45, 7) is 9.49. The third-order valence-corrected chi connectivity index (χ3v) is 2.83. The first-order valence-corrected chi connectivity index (χ1v) is 5.38. The third-order valence-electron chi connectivity index (χ3n) is 2.83. The smallest absolute Gasteiger partial charge is 0.0493 e. The Labute approximate surface area is 82.6 Å². The van der Waals surface area contributed by atoms with Crippen molar-refractivity contribution in [3.63, 3.8) is 0 Å². The minimum Gasteiger partial charge on any atom is -0.330 e. The predicted molar refractivity (Wildman–Crippen MR) is 60.2 cm³/mol. The van der Waals surface area contributed by atoms with E-state index < -0.39 is 0 Å². The van der Waals surface area contributed by atoms with Crippen molar-refractivity contribution >= 4 is 6.21 Å². The van der Waals surface area contributed by atoms with E-state index in [1.807, 2.05) is 6.21 Å². The molecule has 0 spiro atoms. The highest BCUT2D eigenvalue weighted by atomic mass is 14.8. The van der Waals surface area contributed by atoms with Crippen LogP contribution >= 0.6 is 0 Å². The summed E-state index contributed by atoms with van der Waals surface area (Å²) in [5.74, 6) is 1.14. The van der Waals surface area contributed by atoms with E-state index in [-0.39, 0.29) is 0 Å². The van der Waals surface area contributed by atoms with Crippen molar-refractivity contribution in [2.24, 2.45) is 22.6 Å². The van der Waals surface area contributed by atoms with Crippen molar-refractivity contribution in [2.45, 2.75) is 46.6 Å². The fourth-order valence-corrected chi connectivity index (χ4v) is 1.08. The molecule has 0 saturated heterocycles. The Balaban J connectivity index is 3.93. The van der Waals surface area contributed by atoms with Crippen LogP contribution in [0, 0.1) is 11.8 Å². The van der Waals surface area contributed by atoms with Crippen LogP contribution in [0.3, 0.4) is 0 Å². The molecule has 0 heterocycles. The summed E-state index contributed by atoms with van der Waals surface area (Å²) in [6.07, 6.45) is 4.32. The lowest BCUT2D eigenvalue weighted by atomic mass is 10.0. The predicted octanol–water partition coefficient (Wildman–Crippen LogP) is 2.48. The molecule has 3 unspecified atom stereocenters. The molecule has 0 amide bonds. The van der Waals surface area contributed by atoms with E-state index in [0.29, 0.717) is 24.4 Å². The molecule has 13 heavy (non-hydrogen) atoms. The zero-order valence-electron chi connectivity index (χ0n) is 9.46. The normalized spacial score (nSPS) is 18.8. The van der Waals surface area contributed by atoms with Crippen LogP contribution in [0.25, 0.3) is 0 Å². The van der Waals surface area contributed by atoms with Crippen molar-refractivity contribution in [1.82, 2.24) is 0 Å². The van der Waals surface area contributed by atoms with E-state index in [9.17, 15) is 0 Å². The highest BCUT2D eigenvalue weighted by molar-refractivity contribution is 5.61. The summed E-state index contributed by atoms with van der Waals surface area (Å²) in [5, 5.41) is 0. The summed E-state index contributed by atoms with van der Waals surface area (Å²) < 4.78 is 0. The first kappa shape index (κ1) is 12.6. The van der Waals surface area contributed by atoms with Crippen molar-refractivity contribution in [3.8, 4) is 0 Å². The van der Waals surface area contributed by atoms with Gasteiger partial charge >= 0.3 is 0 Å². The molecule has 0 radical (unpaired) electrons. The molecule has 3 atom stereocenters. The molecular formula is C11H24N2. The molecule has 0 bridgehead atoms. The number of hydrogen-bond acceptors (Lipinski definition) is 2. The number of rotatable bonds is 6. The second-order valence-corrected chi connectivity index (χ2v) is 3.83. The minimum absolute atomic E-state index is 0.436. The van der Waals surface area contributed by atoms with Gasteiger partial charge in [0.2, 0.25) is 0 Å². The Morgan fingerprint density at radius 3 is 2.23 bits per heavy atom. The van der Waals surface area contributed by atoms with Crippen LogP contribution in [0.15, 0.2) is 4.99 Å². The molecule has 2 heteroatoms. The van der Waals surface area contributed by atoms with Crippen molar-refractivity contribution in [1.29, 1.82) is 0 Å². The highest BCUT2D eigenvalue weighted by Crippen LogP contribution is 2.10. The molecule has 2 N–H and O–H groups in total. The minimum atomic E-state index is 0.436. The molecule has 0 aromatic carbocycles. The maximum absolute atomic E-state index is 5.59. The molecule has 0 aromatic heterocycles. The van der Waals surface area contributed by atoms with Crippen LogP contribution in [0.2, 0.25) is 0 Å². The second kappa shape index (κ2) is 7.07. The van der Waals surface area contributed by atoms with Gasteiger partial charge in [0.25, 0.3) is 0 Å². The summed E-state index contributed by atoms with van der Waals surface area (Å²) in [4.78, 5) is 4.53. The zero-order chi connectivity index (χ0) is 10.3. The average Bonchev–Trinajstić information content (AvgIpc) is 2.17. The first-order chi connectivity index (χ1) is 6.15. The van der Waals surface area contributed by atoms with Crippen molar-refractivity contribution in [2.75, 3.05) is 6.54 Å². The number of nitrogens with two attached hydrogens (primary N) is 1. The molecule has 2 nitrogen and oxygen atoms in total. The molecule has 0 aliphatic carbocycles. The summed E-state index contributed by atoms with van der Waals surface area (Å²) in [6, 6.07) is 0.436. The molecular weight excluding hydrogens is 160 g/mol. The van der Waals surface area contributed by atoms with Gasteiger partial charge in [-0.2, -0.15) is 0 Å². The van der Waals surface area contributed by atoms with Gasteiger partial charge in [-0.3, -0.25) is 4.99 Å². The van der Waals surface area contributed by atoms with E-state index in [1.54, 1.807) is 0 Å². The standard InChI is InChI=1S/C11H24N2/c1-5-9(3)10(4)13-8-11(6-2)7-12/h8-11H,5-7,12H2,1-4H3. The Bertz CT molecular complexity index is 139.